The molecular formula is C22H26N4O3. The van der Waals surface area contributed by atoms with E-state index in [1.54, 1.807) is 14.2 Å². The highest BCUT2D eigenvalue weighted by Gasteiger charge is 2.08. The van der Waals surface area contributed by atoms with E-state index in [0.29, 0.717) is 19.0 Å². The predicted octanol–water partition coefficient (Wildman–Crippen LogP) is 3.61. The number of aromatic nitrogens is 1. The number of benzene rings is 2. The van der Waals surface area contributed by atoms with Crippen LogP contribution in [0.25, 0.3) is 11.3 Å². The Bertz CT molecular complexity index is 938. The first-order valence-electron chi connectivity index (χ1n) is 9.47. The number of aliphatic imine (C=N–C) groups is 1. The Kier molecular flexibility index (Phi) is 7.10. The van der Waals surface area contributed by atoms with E-state index in [2.05, 4.69) is 20.8 Å². The van der Waals surface area contributed by atoms with Crippen LogP contribution in [-0.2, 0) is 13.1 Å². The molecule has 3 aromatic rings. The lowest BCUT2D eigenvalue weighted by Crippen LogP contribution is -2.36. The summed E-state index contributed by atoms with van der Waals surface area (Å²) in [5.41, 5.74) is 2.77. The topological polar surface area (TPSA) is 80.9 Å². The van der Waals surface area contributed by atoms with E-state index < -0.39 is 0 Å². The maximum Gasteiger partial charge on any atom is 0.191 e. The van der Waals surface area contributed by atoms with Gasteiger partial charge in [0.15, 0.2) is 11.7 Å². The third-order valence-electron chi connectivity index (χ3n) is 4.30. The number of guanidine groups is 1. The smallest absolute Gasteiger partial charge is 0.191 e. The molecule has 3 rings (SSSR count). The molecule has 7 nitrogen and oxygen atoms in total. The molecule has 0 bridgehead atoms. The van der Waals surface area contributed by atoms with Gasteiger partial charge in [-0.25, -0.2) is 4.99 Å². The zero-order chi connectivity index (χ0) is 20.5. The predicted molar refractivity (Wildman–Crippen MR) is 113 cm³/mol. The summed E-state index contributed by atoms with van der Waals surface area (Å²) in [6, 6.07) is 17.5. The maximum atomic E-state index is 5.45. The van der Waals surface area contributed by atoms with E-state index in [0.717, 1.165) is 40.6 Å². The van der Waals surface area contributed by atoms with E-state index in [9.17, 15) is 0 Å². The number of rotatable bonds is 8. The van der Waals surface area contributed by atoms with E-state index in [1.807, 2.05) is 61.5 Å². The lowest BCUT2D eigenvalue weighted by Gasteiger charge is -2.12. The molecule has 1 aromatic heterocycles. The summed E-state index contributed by atoms with van der Waals surface area (Å²) in [7, 11) is 3.27. The van der Waals surface area contributed by atoms with E-state index in [1.165, 1.54) is 0 Å². The molecule has 1 heterocycles. The van der Waals surface area contributed by atoms with Crippen LogP contribution >= 0.6 is 0 Å². The minimum absolute atomic E-state index is 0.469. The molecule has 0 atom stereocenters. The Labute approximate surface area is 170 Å². The standard InChI is InChI=1S/C22H26N4O3/c1-4-23-22(24-14-17-10-11-19(27-2)13-20(17)28-3)25-15-18-12-21(29-26-18)16-8-6-5-7-9-16/h5-13H,4,14-15H2,1-3H3,(H2,23,24,25). The molecule has 29 heavy (non-hydrogen) atoms. The van der Waals surface area contributed by atoms with Crippen molar-refractivity contribution >= 4 is 5.96 Å². The molecule has 0 saturated heterocycles. The first-order chi connectivity index (χ1) is 14.2. The molecule has 0 radical (unpaired) electrons. The summed E-state index contributed by atoms with van der Waals surface area (Å²) < 4.78 is 16.1. The molecule has 0 spiro atoms. The SMILES string of the molecule is CCNC(=NCc1ccc(OC)cc1OC)NCc1cc(-c2ccccc2)on1. The third-order valence-corrected chi connectivity index (χ3v) is 4.30. The Morgan fingerprint density at radius 3 is 2.59 bits per heavy atom. The fourth-order valence-electron chi connectivity index (χ4n) is 2.80. The summed E-state index contributed by atoms with van der Waals surface area (Å²) in [5, 5.41) is 10.7. The van der Waals surface area contributed by atoms with Crippen LogP contribution in [0.2, 0.25) is 0 Å². The van der Waals surface area contributed by atoms with Crippen LogP contribution in [0.3, 0.4) is 0 Å². The number of methoxy groups -OCH3 is 2. The van der Waals surface area contributed by atoms with Crippen LogP contribution in [0.15, 0.2) is 64.1 Å². The Balaban J connectivity index is 1.65. The van der Waals surface area contributed by atoms with E-state index in [4.69, 9.17) is 14.0 Å². The van der Waals surface area contributed by atoms with Crippen molar-refractivity contribution < 1.29 is 14.0 Å². The van der Waals surface area contributed by atoms with Gasteiger partial charge in [0.2, 0.25) is 0 Å². The van der Waals surface area contributed by atoms with E-state index >= 15 is 0 Å². The molecule has 0 aliphatic carbocycles. The summed E-state index contributed by atoms with van der Waals surface area (Å²) in [5.74, 6) is 2.93. The van der Waals surface area contributed by atoms with Crippen LogP contribution in [0.1, 0.15) is 18.2 Å². The number of hydrogen-bond donors (Lipinski definition) is 2. The molecule has 0 fully saturated rings. The van der Waals surface area contributed by atoms with Gasteiger partial charge >= 0.3 is 0 Å². The molecule has 2 aromatic carbocycles. The van der Waals surface area contributed by atoms with Crippen molar-refractivity contribution in [2.24, 2.45) is 4.99 Å². The number of nitrogens with one attached hydrogen (secondary N) is 2. The second kappa shape index (κ2) is 10.2. The third kappa shape index (κ3) is 5.51. The van der Waals surface area contributed by atoms with Crippen molar-refractivity contribution in [3.63, 3.8) is 0 Å². The van der Waals surface area contributed by atoms with Crippen LogP contribution in [0.5, 0.6) is 11.5 Å². The van der Waals surface area contributed by atoms with Crippen molar-refractivity contribution in [1.82, 2.24) is 15.8 Å². The van der Waals surface area contributed by atoms with E-state index in [-0.39, 0.29) is 0 Å². The van der Waals surface area contributed by atoms with Crippen molar-refractivity contribution in [3.05, 3.63) is 65.9 Å². The summed E-state index contributed by atoms with van der Waals surface area (Å²) in [4.78, 5) is 4.64. The average molecular weight is 394 g/mol. The summed E-state index contributed by atoms with van der Waals surface area (Å²) in [6.45, 7) is 3.74. The largest absolute Gasteiger partial charge is 0.497 e. The van der Waals surface area contributed by atoms with Crippen LogP contribution in [0, 0.1) is 0 Å². The molecule has 0 aliphatic heterocycles. The van der Waals surface area contributed by atoms with Gasteiger partial charge in [-0.2, -0.15) is 0 Å². The van der Waals surface area contributed by atoms with Crippen molar-refractivity contribution in [2.45, 2.75) is 20.0 Å². The van der Waals surface area contributed by atoms with Gasteiger partial charge in [0.05, 0.1) is 27.3 Å². The molecule has 0 unspecified atom stereocenters. The quantitative estimate of drug-likeness (QED) is 0.449. The average Bonchev–Trinajstić information content (AvgIpc) is 3.25. The Hall–Kier alpha value is -3.48. The monoisotopic (exact) mass is 394 g/mol. The van der Waals surface area contributed by atoms with Crippen LogP contribution in [0.4, 0.5) is 0 Å². The van der Waals surface area contributed by atoms with Gasteiger partial charge in [0.25, 0.3) is 0 Å². The highest BCUT2D eigenvalue weighted by atomic mass is 16.5. The lowest BCUT2D eigenvalue weighted by atomic mass is 10.2. The van der Waals surface area contributed by atoms with Gasteiger partial charge in [0, 0.05) is 29.8 Å². The zero-order valence-electron chi connectivity index (χ0n) is 16.9. The lowest BCUT2D eigenvalue weighted by molar-refractivity contribution is 0.391. The highest BCUT2D eigenvalue weighted by Crippen LogP contribution is 2.25. The Morgan fingerprint density at radius 2 is 1.86 bits per heavy atom. The van der Waals surface area contributed by atoms with Crippen molar-refractivity contribution in [3.8, 4) is 22.8 Å². The summed E-state index contributed by atoms with van der Waals surface area (Å²) in [6.07, 6.45) is 0. The number of ether oxygens (including phenoxy) is 2. The minimum atomic E-state index is 0.469. The highest BCUT2D eigenvalue weighted by molar-refractivity contribution is 5.79. The van der Waals surface area contributed by atoms with Crippen molar-refractivity contribution in [1.29, 1.82) is 0 Å². The molecule has 152 valence electrons. The molecular weight excluding hydrogens is 368 g/mol. The first kappa shape index (κ1) is 20.3. The second-order valence-corrected chi connectivity index (χ2v) is 6.28. The van der Waals surface area contributed by atoms with Gasteiger partial charge in [-0.3, -0.25) is 0 Å². The molecule has 0 aliphatic rings. The van der Waals surface area contributed by atoms with Crippen molar-refractivity contribution in [2.75, 3.05) is 20.8 Å². The minimum Gasteiger partial charge on any atom is -0.497 e. The number of hydrogen-bond acceptors (Lipinski definition) is 5. The summed E-state index contributed by atoms with van der Waals surface area (Å²) >= 11 is 0. The first-order valence-corrected chi connectivity index (χ1v) is 9.47. The number of nitrogens with zero attached hydrogens (tertiary/aromatic N) is 2. The normalized spacial score (nSPS) is 11.2. The fraction of sp³-hybridized carbons (Fsp3) is 0.273. The van der Waals surface area contributed by atoms with Gasteiger partial charge in [0.1, 0.15) is 17.2 Å². The fourth-order valence-corrected chi connectivity index (χ4v) is 2.80. The molecule has 7 heteroatoms. The molecule has 0 amide bonds. The van der Waals surface area contributed by atoms with Crippen LogP contribution < -0.4 is 20.1 Å². The zero-order valence-corrected chi connectivity index (χ0v) is 16.9. The van der Waals surface area contributed by atoms with Gasteiger partial charge in [-0.15, -0.1) is 0 Å². The molecule has 2 N–H and O–H groups in total. The van der Waals surface area contributed by atoms with Gasteiger partial charge in [-0.05, 0) is 19.1 Å². The second-order valence-electron chi connectivity index (χ2n) is 6.28. The maximum absolute atomic E-state index is 5.45. The Morgan fingerprint density at radius 1 is 1.03 bits per heavy atom. The van der Waals surface area contributed by atoms with Crippen LogP contribution in [-0.4, -0.2) is 31.9 Å². The van der Waals surface area contributed by atoms with Gasteiger partial charge < -0.3 is 24.6 Å². The molecule has 0 saturated carbocycles. The van der Waals surface area contributed by atoms with Gasteiger partial charge in [-0.1, -0.05) is 35.5 Å².